The molecule has 0 bridgehead atoms. The van der Waals surface area contributed by atoms with Gasteiger partial charge in [-0.3, -0.25) is 0 Å². The molecular weight excluding hydrogens is 505 g/mol. The van der Waals surface area contributed by atoms with Gasteiger partial charge in [-0.05, 0) is 61.4 Å². The van der Waals surface area contributed by atoms with Crippen molar-refractivity contribution in [2.45, 2.75) is 53.1 Å². The van der Waals surface area contributed by atoms with Crippen LogP contribution >= 0.6 is 0 Å². The van der Waals surface area contributed by atoms with Gasteiger partial charge in [0.05, 0.1) is 0 Å². The Bertz CT molecular complexity index is 671. The van der Waals surface area contributed by atoms with E-state index < -0.39 is 16.1 Å². The molecule has 0 N–H and O–H groups in total. The molecule has 0 aromatic rings. The fraction of sp³-hybridized carbons (Fsp3) is 0.300. The molecule has 0 nitrogen and oxygen atoms in total. The molecule has 4 aliphatic rings. The zero-order valence-corrected chi connectivity index (χ0v) is 26.6. The fourth-order valence-electron chi connectivity index (χ4n) is 4.16. The number of rotatable bonds is 6. The predicted octanol–water partition coefficient (Wildman–Crippen LogP) is 7.91. The summed E-state index contributed by atoms with van der Waals surface area (Å²) in [4.78, 5) is 0. The van der Waals surface area contributed by atoms with Gasteiger partial charge in [-0.25, -0.2) is 0 Å². The molecule has 13 radical (unpaired) electrons. The van der Waals surface area contributed by atoms with Crippen molar-refractivity contribution in [3.05, 3.63) is 128 Å². The maximum atomic E-state index is 2.41. The van der Waals surface area contributed by atoms with E-state index in [1.54, 1.807) is 0 Å². The topological polar surface area (TPSA) is 0 Å². The summed E-state index contributed by atoms with van der Waals surface area (Å²) in [6.45, 7) is 18.8. The molecule has 0 aromatic carbocycles. The van der Waals surface area contributed by atoms with Crippen LogP contribution in [0.5, 0.6) is 0 Å². The molecule has 0 spiro atoms. The molecule has 4 rings (SSSR count). The zero-order valence-electron chi connectivity index (χ0n) is 21.7. The Morgan fingerprint density at radius 2 is 0.939 bits per heavy atom. The van der Waals surface area contributed by atoms with Gasteiger partial charge < -0.3 is 0 Å². The van der Waals surface area contributed by atoms with Gasteiger partial charge in [0, 0.05) is 39.8 Å². The molecule has 0 aromatic heterocycles. The minimum absolute atomic E-state index is 0. The number of allylic oxidation sites excluding steroid dienone is 8. The molecule has 0 heterocycles. The fourth-order valence-corrected chi connectivity index (χ4v) is 5.70. The minimum atomic E-state index is -0.947. The largest absolute Gasteiger partial charge is 3.00 e. The summed E-state index contributed by atoms with van der Waals surface area (Å²) < 4.78 is 0. The second-order valence-electron chi connectivity index (χ2n) is 11.6. The number of hydrogen-bond acceptors (Lipinski definition) is 0. The number of hydrogen-bond donors (Lipinski definition) is 0. The predicted molar refractivity (Wildman–Crippen MR) is 147 cm³/mol. The van der Waals surface area contributed by atoms with Crippen LogP contribution in [0.1, 0.15) is 13.8 Å². The van der Waals surface area contributed by atoms with Gasteiger partial charge in [-0.1, -0.05) is 102 Å². The van der Waals surface area contributed by atoms with Gasteiger partial charge in [0.25, 0.3) is 0 Å². The van der Waals surface area contributed by atoms with Crippen LogP contribution in [0.4, 0.5) is 0 Å². The summed E-state index contributed by atoms with van der Waals surface area (Å²) in [6, 6.07) is 4.82. The van der Waals surface area contributed by atoms with Gasteiger partial charge in [0.1, 0.15) is 0 Å². The van der Waals surface area contributed by atoms with Gasteiger partial charge in [0.15, 0.2) is 0 Å². The first-order chi connectivity index (χ1) is 14.9. The summed E-state index contributed by atoms with van der Waals surface area (Å²) in [5.74, 6) is 8.22. The van der Waals surface area contributed by atoms with Gasteiger partial charge in [-0.2, -0.15) is 0 Å². The van der Waals surface area contributed by atoms with Crippen molar-refractivity contribution < 1.29 is 32.7 Å². The average Bonchev–Trinajstić information content (AvgIpc) is 3.31. The van der Waals surface area contributed by atoms with Crippen molar-refractivity contribution in [3.8, 4) is 0 Å². The Hall–Kier alpha value is 0.498. The van der Waals surface area contributed by atoms with Crippen LogP contribution in [0.2, 0.25) is 39.3 Å². The monoisotopic (exact) mass is 544 g/mol. The summed E-state index contributed by atoms with van der Waals surface area (Å²) >= 11 is 0. The average molecular weight is 545 g/mol. The first-order valence-electron chi connectivity index (χ1n) is 11.7. The van der Waals surface area contributed by atoms with E-state index in [-0.39, 0.29) is 38.1 Å². The molecule has 3 heteroatoms. The molecule has 0 aliphatic heterocycles. The summed E-state index contributed by atoms with van der Waals surface area (Å²) in [6.07, 6.45) is 28.7. The number of fused-ring (bicyclic) bond motifs is 2. The maximum absolute atomic E-state index is 2.41. The van der Waals surface area contributed by atoms with E-state index in [4.69, 9.17) is 0 Å². The van der Waals surface area contributed by atoms with Crippen LogP contribution in [0, 0.1) is 85.1 Å². The molecular formula is C30H39Si2Y+3. The first kappa shape index (κ1) is 29.7. The van der Waals surface area contributed by atoms with Crippen LogP contribution in [0.25, 0.3) is 0 Å². The summed E-state index contributed by atoms with van der Waals surface area (Å²) in [7, 11) is -1.89. The Morgan fingerprint density at radius 1 is 0.576 bits per heavy atom. The van der Waals surface area contributed by atoms with Crippen LogP contribution in [0.3, 0.4) is 0 Å². The second kappa shape index (κ2) is 12.2. The SMILES string of the molecule is CC(C)([C]1[CH][CH][C]2C=CC=C[C]21)[C]1[CH][CH][C]2C=CC=C[C]21.C[Si](C)(C)[CH][CH][CH][Si](C)(C)C.[Y+3]. The Kier molecular flexibility index (Phi) is 11.0. The molecule has 2 saturated carbocycles. The Labute approximate surface area is 234 Å². The molecule has 167 valence electrons. The van der Waals surface area contributed by atoms with Gasteiger partial charge in [0.2, 0.25) is 0 Å². The van der Waals surface area contributed by atoms with Crippen LogP contribution in [-0.4, -0.2) is 16.1 Å². The third-order valence-corrected chi connectivity index (χ3v) is 8.29. The first-order valence-corrected chi connectivity index (χ1v) is 18.9. The standard InChI is InChI=1S/C21H18.C9H21Si2.Y/c1-21(2,19-13-11-15-7-3-5-9-17(15)19)20-14-12-16-8-4-6-10-18(16)20;1-10(2,3)8-7-9-11(4,5)6;/h3-14H,1-2H3;7-9H,1-6H3;/q;;+3. The molecule has 0 unspecified atom stereocenters. The van der Waals surface area contributed by atoms with E-state index in [1.165, 1.54) is 35.5 Å². The van der Waals surface area contributed by atoms with E-state index in [9.17, 15) is 0 Å². The van der Waals surface area contributed by atoms with Crippen molar-refractivity contribution in [2.24, 2.45) is 5.41 Å². The molecule has 0 saturated heterocycles. The van der Waals surface area contributed by atoms with E-state index in [0.717, 1.165) is 0 Å². The summed E-state index contributed by atoms with van der Waals surface area (Å²) in [5.41, 5.74) is 0.00616. The van der Waals surface area contributed by atoms with Crippen molar-refractivity contribution >= 4 is 16.1 Å². The molecule has 0 amide bonds. The Morgan fingerprint density at radius 3 is 1.30 bits per heavy atom. The minimum Gasteiger partial charge on any atom is -0.0762 e. The molecule has 2 fully saturated rings. The van der Waals surface area contributed by atoms with Crippen molar-refractivity contribution in [1.29, 1.82) is 0 Å². The molecule has 0 atom stereocenters. The smallest absolute Gasteiger partial charge is 0.0762 e. The van der Waals surface area contributed by atoms with Crippen LogP contribution < -0.4 is 0 Å². The quantitative estimate of drug-likeness (QED) is 0.298. The summed E-state index contributed by atoms with van der Waals surface area (Å²) in [5, 5.41) is 0. The van der Waals surface area contributed by atoms with E-state index >= 15 is 0 Å². The van der Waals surface area contributed by atoms with E-state index in [1.807, 2.05) is 0 Å². The zero-order chi connectivity index (χ0) is 23.6. The van der Waals surface area contributed by atoms with Crippen molar-refractivity contribution in [2.75, 3.05) is 0 Å². The van der Waals surface area contributed by atoms with Crippen molar-refractivity contribution in [1.82, 2.24) is 0 Å². The molecule has 4 aliphatic carbocycles. The maximum Gasteiger partial charge on any atom is 3.00 e. The van der Waals surface area contributed by atoms with Crippen LogP contribution in [0.15, 0.2) is 48.6 Å². The van der Waals surface area contributed by atoms with Gasteiger partial charge in [-0.15, -0.1) is 0 Å². The van der Waals surface area contributed by atoms with Crippen molar-refractivity contribution in [3.63, 3.8) is 0 Å². The van der Waals surface area contributed by atoms with E-state index in [2.05, 4.69) is 146 Å². The third kappa shape index (κ3) is 8.26. The third-order valence-electron chi connectivity index (χ3n) is 5.90. The van der Waals surface area contributed by atoms with Crippen LogP contribution in [-0.2, 0) is 32.7 Å². The van der Waals surface area contributed by atoms with Gasteiger partial charge >= 0.3 is 32.7 Å². The normalized spacial score (nSPS) is 22.8. The second-order valence-corrected chi connectivity index (χ2v) is 21.7. The Balaban J connectivity index is 0.000000278. The van der Waals surface area contributed by atoms with E-state index in [0.29, 0.717) is 0 Å². The molecule has 33 heavy (non-hydrogen) atoms.